The third-order valence-corrected chi connectivity index (χ3v) is 3.77. The van der Waals surface area contributed by atoms with E-state index in [9.17, 15) is 14.0 Å². The van der Waals surface area contributed by atoms with E-state index in [4.69, 9.17) is 11.6 Å². The third-order valence-electron chi connectivity index (χ3n) is 2.59. The molecule has 1 aromatic carbocycles. The van der Waals surface area contributed by atoms with Crippen LogP contribution in [-0.4, -0.2) is 18.4 Å². The Hall–Kier alpha value is -1.92. The standard InChI is InChI=1S/C14H12ClFN2O2S/c15-10-8-9(16)3-4-11(10)18-13(19)5-6-17-14(20)12-2-1-7-21-12/h1-4,7-8H,5-6H2,(H,17,20)(H,18,19). The normalized spacial score (nSPS) is 10.2. The molecule has 0 aliphatic rings. The molecule has 1 heterocycles. The predicted molar refractivity (Wildman–Crippen MR) is 81.3 cm³/mol. The van der Waals surface area contributed by atoms with Gasteiger partial charge in [-0.05, 0) is 29.6 Å². The first-order chi connectivity index (χ1) is 10.1. The van der Waals surface area contributed by atoms with Gasteiger partial charge in [-0.1, -0.05) is 17.7 Å². The zero-order valence-electron chi connectivity index (χ0n) is 10.9. The van der Waals surface area contributed by atoms with E-state index in [-0.39, 0.29) is 29.8 Å². The van der Waals surface area contributed by atoms with E-state index in [0.29, 0.717) is 10.6 Å². The number of carbonyl (C=O) groups excluding carboxylic acids is 2. The Morgan fingerprint density at radius 3 is 2.76 bits per heavy atom. The smallest absolute Gasteiger partial charge is 0.261 e. The summed E-state index contributed by atoms with van der Waals surface area (Å²) in [4.78, 5) is 23.9. The van der Waals surface area contributed by atoms with Gasteiger partial charge < -0.3 is 10.6 Å². The zero-order valence-corrected chi connectivity index (χ0v) is 12.4. The van der Waals surface area contributed by atoms with Crippen molar-refractivity contribution in [3.63, 3.8) is 0 Å². The van der Waals surface area contributed by atoms with Crippen molar-refractivity contribution in [2.45, 2.75) is 6.42 Å². The van der Waals surface area contributed by atoms with Crippen molar-refractivity contribution < 1.29 is 14.0 Å². The maximum atomic E-state index is 12.9. The number of thiophene rings is 1. The molecule has 2 amide bonds. The summed E-state index contributed by atoms with van der Waals surface area (Å²) in [6.45, 7) is 0.210. The second-order valence-corrected chi connectivity index (χ2v) is 5.51. The Bertz CT molecular complexity index is 646. The Labute approximate surface area is 129 Å². The topological polar surface area (TPSA) is 58.2 Å². The summed E-state index contributed by atoms with van der Waals surface area (Å²) in [6.07, 6.45) is 0.102. The van der Waals surface area contributed by atoms with Crippen molar-refractivity contribution in [3.05, 3.63) is 51.4 Å². The fourth-order valence-corrected chi connectivity index (χ4v) is 2.44. The molecule has 7 heteroatoms. The lowest BCUT2D eigenvalue weighted by atomic mass is 10.3. The molecule has 2 rings (SSSR count). The first-order valence-electron chi connectivity index (χ1n) is 6.13. The van der Waals surface area contributed by atoms with Gasteiger partial charge >= 0.3 is 0 Å². The van der Waals surface area contributed by atoms with E-state index in [2.05, 4.69) is 10.6 Å². The molecule has 0 aliphatic carbocycles. The number of amides is 2. The minimum Gasteiger partial charge on any atom is -0.351 e. The Morgan fingerprint density at radius 1 is 1.29 bits per heavy atom. The van der Waals surface area contributed by atoms with Crippen molar-refractivity contribution in [1.29, 1.82) is 0 Å². The van der Waals surface area contributed by atoms with Crippen LogP contribution < -0.4 is 10.6 Å². The van der Waals surface area contributed by atoms with Crippen molar-refractivity contribution >= 4 is 40.4 Å². The van der Waals surface area contributed by atoms with Crippen LogP contribution >= 0.6 is 22.9 Å². The van der Waals surface area contributed by atoms with Gasteiger partial charge in [-0.3, -0.25) is 9.59 Å². The van der Waals surface area contributed by atoms with Crippen molar-refractivity contribution in [2.75, 3.05) is 11.9 Å². The lowest BCUT2D eigenvalue weighted by Gasteiger charge is -2.07. The van der Waals surface area contributed by atoms with E-state index in [1.165, 1.54) is 23.5 Å². The second kappa shape index (κ2) is 7.19. The summed E-state index contributed by atoms with van der Waals surface area (Å²) >= 11 is 7.13. The summed E-state index contributed by atoms with van der Waals surface area (Å²) in [5.74, 6) is -0.992. The highest BCUT2D eigenvalue weighted by Gasteiger charge is 2.09. The lowest BCUT2D eigenvalue weighted by molar-refractivity contribution is -0.116. The van der Waals surface area contributed by atoms with Crippen LogP contribution in [0.3, 0.4) is 0 Å². The molecular weight excluding hydrogens is 315 g/mol. The van der Waals surface area contributed by atoms with Gasteiger partial charge in [0.1, 0.15) is 5.82 Å². The number of hydrogen-bond donors (Lipinski definition) is 2. The third kappa shape index (κ3) is 4.54. The highest BCUT2D eigenvalue weighted by Crippen LogP contribution is 2.22. The van der Waals surface area contributed by atoms with Gasteiger partial charge in [0.2, 0.25) is 5.91 Å². The first kappa shape index (κ1) is 15.5. The zero-order chi connectivity index (χ0) is 15.2. The molecule has 21 heavy (non-hydrogen) atoms. The molecule has 0 saturated carbocycles. The van der Waals surface area contributed by atoms with Gasteiger partial charge in [0.15, 0.2) is 0 Å². The average molecular weight is 327 g/mol. The highest BCUT2D eigenvalue weighted by molar-refractivity contribution is 7.12. The molecule has 0 bridgehead atoms. The molecule has 0 aliphatic heterocycles. The molecule has 4 nitrogen and oxygen atoms in total. The molecule has 0 saturated heterocycles. The molecule has 0 radical (unpaired) electrons. The minimum absolute atomic E-state index is 0.102. The van der Waals surface area contributed by atoms with Crippen LogP contribution in [-0.2, 0) is 4.79 Å². The average Bonchev–Trinajstić information content (AvgIpc) is 2.96. The molecule has 0 spiro atoms. The van der Waals surface area contributed by atoms with E-state index < -0.39 is 5.82 Å². The molecule has 0 unspecified atom stereocenters. The summed E-state index contributed by atoms with van der Waals surface area (Å²) in [5.41, 5.74) is 0.340. The van der Waals surface area contributed by atoms with Crippen LogP contribution in [0.1, 0.15) is 16.1 Å². The maximum Gasteiger partial charge on any atom is 0.261 e. The summed E-state index contributed by atoms with van der Waals surface area (Å²) < 4.78 is 12.9. The van der Waals surface area contributed by atoms with Gasteiger partial charge in [-0.25, -0.2) is 4.39 Å². The van der Waals surface area contributed by atoms with Gasteiger partial charge in [-0.15, -0.1) is 11.3 Å². The quantitative estimate of drug-likeness (QED) is 0.885. The summed E-state index contributed by atoms with van der Waals surface area (Å²) in [6, 6.07) is 7.21. The van der Waals surface area contributed by atoms with E-state index in [1.807, 2.05) is 0 Å². The summed E-state index contributed by atoms with van der Waals surface area (Å²) in [5, 5.41) is 7.14. The number of nitrogens with one attached hydrogen (secondary N) is 2. The lowest BCUT2D eigenvalue weighted by Crippen LogP contribution is -2.27. The molecular formula is C14H12ClFN2O2S. The highest BCUT2D eigenvalue weighted by atomic mass is 35.5. The number of halogens is 2. The van der Waals surface area contributed by atoms with Gasteiger partial charge in [-0.2, -0.15) is 0 Å². The molecule has 110 valence electrons. The fraction of sp³-hybridized carbons (Fsp3) is 0.143. The van der Waals surface area contributed by atoms with E-state index >= 15 is 0 Å². The molecule has 0 fully saturated rings. The van der Waals surface area contributed by atoms with Crippen LogP contribution in [0, 0.1) is 5.82 Å². The van der Waals surface area contributed by atoms with Crippen LogP contribution in [0.25, 0.3) is 0 Å². The Kier molecular flexibility index (Phi) is 5.30. The van der Waals surface area contributed by atoms with Crippen molar-refractivity contribution in [2.24, 2.45) is 0 Å². The number of hydrogen-bond acceptors (Lipinski definition) is 3. The molecule has 2 N–H and O–H groups in total. The summed E-state index contributed by atoms with van der Waals surface area (Å²) in [7, 11) is 0. The van der Waals surface area contributed by atoms with Gasteiger partial charge in [0.05, 0.1) is 15.6 Å². The van der Waals surface area contributed by atoms with Crippen LogP contribution in [0.5, 0.6) is 0 Å². The Balaban J connectivity index is 1.78. The van der Waals surface area contributed by atoms with E-state index in [0.717, 1.165) is 6.07 Å². The number of rotatable bonds is 5. The number of carbonyl (C=O) groups is 2. The van der Waals surface area contributed by atoms with Crippen molar-refractivity contribution in [3.8, 4) is 0 Å². The van der Waals surface area contributed by atoms with Crippen LogP contribution in [0.15, 0.2) is 35.7 Å². The maximum absolute atomic E-state index is 12.9. The minimum atomic E-state index is -0.471. The SMILES string of the molecule is O=C(CCNC(=O)c1cccs1)Nc1ccc(F)cc1Cl. The van der Waals surface area contributed by atoms with Crippen molar-refractivity contribution in [1.82, 2.24) is 5.32 Å². The monoisotopic (exact) mass is 326 g/mol. The number of benzene rings is 1. The predicted octanol–water partition coefficient (Wildman–Crippen LogP) is 3.30. The number of anilines is 1. The van der Waals surface area contributed by atoms with Crippen LogP contribution in [0.4, 0.5) is 10.1 Å². The van der Waals surface area contributed by atoms with Gasteiger partial charge in [0, 0.05) is 13.0 Å². The van der Waals surface area contributed by atoms with Crippen LogP contribution in [0.2, 0.25) is 5.02 Å². The van der Waals surface area contributed by atoms with Gasteiger partial charge in [0.25, 0.3) is 5.91 Å². The largest absolute Gasteiger partial charge is 0.351 e. The molecule has 1 aromatic heterocycles. The molecule has 2 aromatic rings. The Morgan fingerprint density at radius 2 is 2.10 bits per heavy atom. The fourth-order valence-electron chi connectivity index (χ4n) is 1.59. The van der Waals surface area contributed by atoms with E-state index in [1.54, 1.807) is 17.5 Å². The molecule has 0 atom stereocenters. The second-order valence-electron chi connectivity index (χ2n) is 4.16. The first-order valence-corrected chi connectivity index (χ1v) is 7.38.